The molecule has 3 aliphatic rings. The molecule has 4 rings (SSSR count). The van der Waals surface area contributed by atoms with Gasteiger partial charge in [0.1, 0.15) is 6.10 Å². The quantitative estimate of drug-likeness (QED) is 0.927. The molecule has 3 fully saturated rings. The Labute approximate surface area is 129 Å². The number of nitrogens with one attached hydrogen (secondary N) is 1. The van der Waals surface area contributed by atoms with Gasteiger partial charge in [-0.25, -0.2) is 0 Å². The van der Waals surface area contributed by atoms with Crippen molar-refractivity contribution in [3.8, 4) is 0 Å². The molecule has 1 aliphatic carbocycles. The highest BCUT2D eigenvalue weighted by atomic mass is 32.1. The molecule has 0 bridgehead atoms. The molecule has 5 heteroatoms. The van der Waals surface area contributed by atoms with Gasteiger partial charge in [0.25, 0.3) is 0 Å². The lowest BCUT2D eigenvalue weighted by Crippen LogP contribution is -2.48. The van der Waals surface area contributed by atoms with Gasteiger partial charge in [-0.15, -0.1) is 0 Å². The lowest BCUT2D eigenvalue weighted by molar-refractivity contribution is -0.144. The third-order valence-corrected chi connectivity index (χ3v) is 5.58. The average molecular weight is 306 g/mol. The molecule has 21 heavy (non-hydrogen) atoms. The van der Waals surface area contributed by atoms with Crippen molar-refractivity contribution in [1.82, 2.24) is 10.2 Å². The molecule has 0 aromatic carbocycles. The van der Waals surface area contributed by atoms with E-state index in [1.165, 1.54) is 5.56 Å². The Morgan fingerprint density at radius 2 is 2.24 bits per heavy atom. The first-order valence-corrected chi connectivity index (χ1v) is 8.95. The lowest BCUT2D eigenvalue weighted by Gasteiger charge is -2.35. The molecule has 0 spiro atoms. The molecule has 0 radical (unpaired) electrons. The largest absolute Gasteiger partial charge is 0.363 e. The van der Waals surface area contributed by atoms with Crippen molar-refractivity contribution in [2.24, 2.45) is 0 Å². The van der Waals surface area contributed by atoms with Gasteiger partial charge in [-0.1, -0.05) is 0 Å². The number of hydrogen-bond acceptors (Lipinski definition) is 4. The number of fused-ring (bicyclic) bond motifs is 1. The fourth-order valence-corrected chi connectivity index (χ4v) is 4.20. The molecular weight excluding hydrogens is 284 g/mol. The van der Waals surface area contributed by atoms with Gasteiger partial charge < -0.3 is 10.1 Å². The first-order chi connectivity index (χ1) is 10.3. The Balaban J connectivity index is 1.34. The summed E-state index contributed by atoms with van der Waals surface area (Å²) in [5.41, 5.74) is 1.40. The molecule has 1 N–H and O–H groups in total. The maximum absolute atomic E-state index is 12.1. The van der Waals surface area contributed by atoms with E-state index in [0.717, 1.165) is 45.2 Å². The average Bonchev–Trinajstić information content (AvgIpc) is 3.01. The topological polar surface area (TPSA) is 41.6 Å². The predicted molar refractivity (Wildman–Crippen MR) is 82.2 cm³/mol. The van der Waals surface area contributed by atoms with E-state index in [1.807, 2.05) is 0 Å². The van der Waals surface area contributed by atoms with E-state index in [1.54, 1.807) is 11.3 Å². The van der Waals surface area contributed by atoms with Crippen molar-refractivity contribution < 1.29 is 9.53 Å². The monoisotopic (exact) mass is 306 g/mol. The first-order valence-electron chi connectivity index (χ1n) is 8.00. The van der Waals surface area contributed by atoms with Gasteiger partial charge in [-0.2, -0.15) is 11.3 Å². The van der Waals surface area contributed by atoms with Gasteiger partial charge in [0, 0.05) is 25.2 Å². The highest BCUT2D eigenvalue weighted by molar-refractivity contribution is 7.07. The Bertz CT molecular complexity index is 500. The highest BCUT2D eigenvalue weighted by Crippen LogP contribution is 2.33. The van der Waals surface area contributed by atoms with Crippen LogP contribution in [-0.2, 0) is 16.1 Å². The van der Waals surface area contributed by atoms with Gasteiger partial charge in [0.05, 0.1) is 6.10 Å². The van der Waals surface area contributed by atoms with Crippen LogP contribution in [0.25, 0.3) is 0 Å². The van der Waals surface area contributed by atoms with Crippen molar-refractivity contribution in [3.05, 3.63) is 22.4 Å². The molecule has 1 amide bonds. The van der Waals surface area contributed by atoms with Crippen LogP contribution < -0.4 is 5.32 Å². The predicted octanol–water partition coefficient (Wildman–Crippen LogP) is 2.15. The number of thiophene rings is 1. The van der Waals surface area contributed by atoms with E-state index in [4.69, 9.17) is 4.74 Å². The van der Waals surface area contributed by atoms with Gasteiger partial charge in [-0.05, 0) is 54.5 Å². The molecule has 1 aromatic heterocycles. The Hall–Kier alpha value is -0.910. The zero-order valence-corrected chi connectivity index (χ0v) is 13.0. The number of nitrogens with zero attached hydrogens (tertiary/aromatic N) is 1. The summed E-state index contributed by atoms with van der Waals surface area (Å²) in [6, 6.07) is 3.13. The van der Waals surface area contributed by atoms with Gasteiger partial charge >= 0.3 is 0 Å². The summed E-state index contributed by atoms with van der Waals surface area (Å²) in [6.45, 7) is 2.11. The summed E-state index contributed by atoms with van der Waals surface area (Å²) in [5, 5.41) is 7.44. The fraction of sp³-hybridized carbons (Fsp3) is 0.688. The molecule has 114 valence electrons. The highest BCUT2D eigenvalue weighted by Gasteiger charge is 2.42. The maximum Gasteiger partial charge on any atom is 0.249 e. The number of rotatable bonds is 4. The summed E-state index contributed by atoms with van der Waals surface area (Å²) >= 11 is 1.76. The van der Waals surface area contributed by atoms with E-state index < -0.39 is 0 Å². The second-order valence-corrected chi connectivity index (χ2v) is 7.26. The second kappa shape index (κ2) is 5.71. The third-order valence-electron chi connectivity index (χ3n) is 4.84. The van der Waals surface area contributed by atoms with Gasteiger partial charge in [0.2, 0.25) is 5.91 Å². The van der Waals surface area contributed by atoms with Crippen molar-refractivity contribution in [2.45, 2.75) is 62.9 Å². The summed E-state index contributed by atoms with van der Waals surface area (Å²) < 4.78 is 6.10. The fourth-order valence-electron chi connectivity index (χ4n) is 3.54. The molecule has 3 atom stereocenters. The first kappa shape index (κ1) is 13.7. The Morgan fingerprint density at radius 1 is 1.33 bits per heavy atom. The number of likely N-dealkylation sites (tertiary alicyclic amines) is 1. The molecule has 0 unspecified atom stereocenters. The van der Waals surface area contributed by atoms with Crippen LogP contribution in [0, 0.1) is 0 Å². The molecule has 1 aromatic rings. The van der Waals surface area contributed by atoms with Crippen LogP contribution in [0.15, 0.2) is 16.8 Å². The normalized spacial score (nSPS) is 32.9. The second-order valence-electron chi connectivity index (χ2n) is 6.48. The van der Waals surface area contributed by atoms with E-state index in [9.17, 15) is 4.79 Å². The molecule has 2 saturated heterocycles. The minimum atomic E-state index is -0.215. The number of hydrogen-bond donors (Lipinski definition) is 1. The van der Waals surface area contributed by atoms with Crippen LogP contribution in [-0.4, -0.2) is 41.6 Å². The minimum absolute atomic E-state index is 0.118. The minimum Gasteiger partial charge on any atom is -0.363 e. The van der Waals surface area contributed by atoms with E-state index in [2.05, 4.69) is 27.0 Å². The number of ether oxygens (including phenoxy) is 1. The van der Waals surface area contributed by atoms with Crippen LogP contribution in [0.3, 0.4) is 0 Å². The summed E-state index contributed by atoms with van der Waals surface area (Å²) in [6.07, 6.45) is 5.30. The lowest BCUT2D eigenvalue weighted by atomic mass is 9.98. The summed E-state index contributed by atoms with van der Waals surface area (Å²) in [4.78, 5) is 14.7. The van der Waals surface area contributed by atoms with Crippen molar-refractivity contribution >= 4 is 17.2 Å². The number of amides is 1. The zero-order chi connectivity index (χ0) is 14.2. The van der Waals surface area contributed by atoms with Crippen LogP contribution in [0.2, 0.25) is 0 Å². The third kappa shape index (κ3) is 3.00. The summed E-state index contributed by atoms with van der Waals surface area (Å²) in [5.74, 6) is 0.118. The zero-order valence-electron chi connectivity index (χ0n) is 12.2. The van der Waals surface area contributed by atoms with Crippen LogP contribution >= 0.6 is 11.3 Å². The van der Waals surface area contributed by atoms with E-state index >= 15 is 0 Å². The summed E-state index contributed by atoms with van der Waals surface area (Å²) in [7, 11) is 0. The van der Waals surface area contributed by atoms with Crippen molar-refractivity contribution in [2.75, 3.05) is 6.54 Å². The number of carbonyl (C=O) groups is 1. The molecule has 1 saturated carbocycles. The van der Waals surface area contributed by atoms with E-state index in [0.29, 0.717) is 12.1 Å². The SMILES string of the molecule is O=C(NC1CC1)[C@H]1CC[C@@H]2[C@@H](CCN2Cc2ccsc2)O1. The van der Waals surface area contributed by atoms with Crippen molar-refractivity contribution in [1.29, 1.82) is 0 Å². The smallest absolute Gasteiger partial charge is 0.249 e. The van der Waals surface area contributed by atoms with Crippen LogP contribution in [0.5, 0.6) is 0 Å². The number of carbonyl (C=O) groups excluding carboxylic acids is 1. The van der Waals surface area contributed by atoms with Crippen LogP contribution in [0.1, 0.15) is 37.7 Å². The van der Waals surface area contributed by atoms with E-state index in [-0.39, 0.29) is 18.1 Å². The van der Waals surface area contributed by atoms with Crippen molar-refractivity contribution in [3.63, 3.8) is 0 Å². The maximum atomic E-state index is 12.1. The molecule has 3 heterocycles. The molecule has 4 nitrogen and oxygen atoms in total. The van der Waals surface area contributed by atoms with Crippen LogP contribution in [0.4, 0.5) is 0 Å². The molecule has 2 aliphatic heterocycles. The Morgan fingerprint density at radius 3 is 3.00 bits per heavy atom. The van der Waals surface area contributed by atoms with Gasteiger partial charge in [0.15, 0.2) is 0 Å². The van der Waals surface area contributed by atoms with Gasteiger partial charge in [-0.3, -0.25) is 9.69 Å². The molecular formula is C16H22N2O2S. The Kier molecular flexibility index (Phi) is 3.73. The standard InChI is InChI=1S/C16H22N2O2S/c19-16(17-12-1-2-12)15-4-3-13-14(20-15)5-7-18(13)9-11-6-8-21-10-11/h6,8,10,12-15H,1-5,7,9H2,(H,17,19)/t13-,14-,15-/m1/s1.